The van der Waals surface area contributed by atoms with Crippen LogP contribution in [0.2, 0.25) is 0 Å². The molecule has 6 aromatic rings. The van der Waals surface area contributed by atoms with Gasteiger partial charge >= 0.3 is 0 Å². The predicted molar refractivity (Wildman–Crippen MR) is 213 cm³/mol. The summed E-state index contributed by atoms with van der Waals surface area (Å²) in [5.41, 5.74) is 8.75. The van der Waals surface area contributed by atoms with Crippen LogP contribution in [0.15, 0.2) is 116 Å². The first-order valence-electron chi connectivity index (χ1n) is 18.7. The van der Waals surface area contributed by atoms with Crippen molar-refractivity contribution in [3.05, 3.63) is 156 Å². The van der Waals surface area contributed by atoms with Crippen LogP contribution in [0.25, 0.3) is 0 Å². The summed E-state index contributed by atoms with van der Waals surface area (Å²) in [6.45, 7) is 6.28. The number of nitrogen functional groups attached to an aromatic ring is 1. The number of hydrogen-bond acceptors (Lipinski definition) is 9. The number of benzene rings is 4. The molecular formula is C43H42F4N8O3. The number of halogens is 4. The number of rotatable bonds is 10. The van der Waals surface area contributed by atoms with Crippen molar-refractivity contribution in [3.8, 4) is 5.75 Å². The molecule has 2 saturated heterocycles. The number of nitrogens with zero attached hydrogens (tertiary/aromatic N) is 6. The summed E-state index contributed by atoms with van der Waals surface area (Å²) in [5.74, 6) is -1.28. The van der Waals surface area contributed by atoms with Crippen LogP contribution in [0.5, 0.6) is 5.75 Å². The molecular weight excluding hydrogens is 753 g/mol. The molecule has 2 aromatic heterocycles. The Bertz CT molecular complexity index is 2270. The van der Waals surface area contributed by atoms with E-state index < -0.39 is 23.1 Å². The monoisotopic (exact) mass is 794 g/mol. The van der Waals surface area contributed by atoms with Crippen LogP contribution in [-0.4, -0.2) is 65.0 Å². The highest BCUT2D eigenvalue weighted by molar-refractivity contribution is 6.03. The molecule has 15 heteroatoms. The third-order valence-electron chi connectivity index (χ3n) is 10.1. The molecule has 4 aromatic carbocycles. The number of ether oxygens (including phenoxy) is 2. The Kier molecular flexibility index (Phi) is 12.2. The second-order valence-corrected chi connectivity index (χ2v) is 14.2. The smallest absolute Gasteiger partial charge is 0.256 e. The molecule has 58 heavy (non-hydrogen) atoms. The number of nitrogens with one attached hydrogen (secondary N) is 1. The maximum Gasteiger partial charge on any atom is 0.256 e. The van der Waals surface area contributed by atoms with Gasteiger partial charge in [-0.15, -0.1) is 0 Å². The SMILES string of the molecule is Cc1cc(N2CCN(c3ccc(C(=O)Nc4ccc(F)cn4)cc3)CC2)ccc1OC[C@@H]1CO[C@@](Cn2cncn2)(c2ccc(F)cc2F)C1.Nc1ccc(F)cc1. The second kappa shape index (κ2) is 17.8. The van der Waals surface area contributed by atoms with Crippen LogP contribution in [-0.2, 0) is 16.9 Å². The molecule has 0 spiro atoms. The molecule has 3 N–H and O–H groups in total. The molecule has 2 fully saturated rings. The molecule has 300 valence electrons. The molecule has 0 radical (unpaired) electrons. The van der Waals surface area contributed by atoms with Gasteiger partial charge in [0, 0.05) is 66.4 Å². The molecule has 0 aliphatic carbocycles. The number of piperazine rings is 1. The number of hydrogen-bond donors (Lipinski definition) is 2. The predicted octanol–water partition coefficient (Wildman–Crippen LogP) is 7.40. The summed E-state index contributed by atoms with van der Waals surface area (Å²) >= 11 is 0. The van der Waals surface area contributed by atoms with Crippen molar-refractivity contribution in [2.75, 3.05) is 60.2 Å². The number of nitrogens with two attached hydrogens (primary N) is 1. The summed E-state index contributed by atoms with van der Waals surface area (Å²) < 4.78 is 68.0. The molecule has 2 aliphatic rings. The highest BCUT2D eigenvalue weighted by atomic mass is 19.1. The number of carbonyl (C=O) groups excluding carboxylic acids is 1. The minimum atomic E-state index is -1.03. The Morgan fingerprint density at radius 2 is 1.55 bits per heavy atom. The maximum absolute atomic E-state index is 15.0. The number of anilines is 4. The van der Waals surface area contributed by atoms with Gasteiger partial charge in [-0.05, 0) is 104 Å². The van der Waals surface area contributed by atoms with Crippen molar-refractivity contribution in [1.29, 1.82) is 0 Å². The van der Waals surface area contributed by atoms with Gasteiger partial charge in [-0.2, -0.15) is 5.10 Å². The van der Waals surface area contributed by atoms with Crippen LogP contribution < -0.4 is 25.6 Å². The fourth-order valence-electron chi connectivity index (χ4n) is 7.13. The van der Waals surface area contributed by atoms with E-state index in [0.717, 1.165) is 61.1 Å². The van der Waals surface area contributed by atoms with Crippen LogP contribution in [0, 0.1) is 36.1 Å². The van der Waals surface area contributed by atoms with E-state index in [1.165, 1.54) is 54.9 Å². The van der Waals surface area contributed by atoms with Gasteiger partial charge in [0.2, 0.25) is 0 Å². The van der Waals surface area contributed by atoms with E-state index >= 15 is 0 Å². The van der Waals surface area contributed by atoms with Crippen molar-refractivity contribution in [2.45, 2.75) is 25.5 Å². The summed E-state index contributed by atoms with van der Waals surface area (Å²) in [6, 6.07) is 25.5. The lowest BCUT2D eigenvalue weighted by atomic mass is 9.87. The Morgan fingerprint density at radius 3 is 2.19 bits per heavy atom. The zero-order valence-corrected chi connectivity index (χ0v) is 31.7. The van der Waals surface area contributed by atoms with Crippen molar-refractivity contribution in [1.82, 2.24) is 19.7 Å². The molecule has 2 aliphatic heterocycles. The van der Waals surface area contributed by atoms with E-state index in [0.29, 0.717) is 36.4 Å². The lowest BCUT2D eigenvalue weighted by Crippen LogP contribution is -2.46. The van der Waals surface area contributed by atoms with E-state index in [9.17, 15) is 22.4 Å². The van der Waals surface area contributed by atoms with Crippen molar-refractivity contribution in [2.24, 2.45) is 5.92 Å². The van der Waals surface area contributed by atoms with E-state index in [4.69, 9.17) is 15.2 Å². The fourth-order valence-corrected chi connectivity index (χ4v) is 7.13. The van der Waals surface area contributed by atoms with E-state index in [-0.39, 0.29) is 30.0 Å². The van der Waals surface area contributed by atoms with Crippen molar-refractivity contribution in [3.63, 3.8) is 0 Å². The Balaban J connectivity index is 0.000000573. The lowest BCUT2D eigenvalue weighted by molar-refractivity contribution is -0.0206. The van der Waals surface area contributed by atoms with Gasteiger partial charge in [-0.1, -0.05) is 6.07 Å². The first-order valence-corrected chi connectivity index (χ1v) is 18.7. The van der Waals surface area contributed by atoms with Gasteiger partial charge in [0.05, 0.1) is 26.0 Å². The van der Waals surface area contributed by atoms with E-state index in [1.54, 1.807) is 23.1 Å². The minimum absolute atomic E-state index is 0.0228. The highest BCUT2D eigenvalue weighted by Crippen LogP contribution is 2.42. The molecule has 1 amide bonds. The fraction of sp³-hybridized carbons (Fsp3) is 0.256. The molecule has 8 rings (SSSR count). The van der Waals surface area contributed by atoms with Gasteiger partial charge in [-0.3, -0.25) is 4.79 Å². The first-order chi connectivity index (χ1) is 28.0. The van der Waals surface area contributed by atoms with E-state index in [2.05, 4.69) is 42.3 Å². The number of carbonyl (C=O) groups is 1. The van der Waals surface area contributed by atoms with Crippen LogP contribution in [0.3, 0.4) is 0 Å². The zero-order valence-electron chi connectivity index (χ0n) is 31.7. The molecule has 0 saturated carbocycles. The number of amides is 1. The van der Waals surface area contributed by atoms with Crippen LogP contribution in [0.1, 0.15) is 27.9 Å². The summed E-state index contributed by atoms with van der Waals surface area (Å²) in [4.78, 5) is 25.1. The summed E-state index contributed by atoms with van der Waals surface area (Å²) in [6.07, 6.45) is 4.50. The quantitative estimate of drug-likeness (QED) is 0.108. The molecule has 2 atom stereocenters. The largest absolute Gasteiger partial charge is 0.493 e. The van der Waals surface area contributed by atoms with Gasteiger partial charge in [0.25, 0.3) is 5.91 Å². The number of aromatic nitrogens is 4. The molecule has 0 bridgehead atoms. The van der Waals surface area contributed by atoms with Gasteiger partial charge < -0.3 is 30.3 Å². The van der Waals surface area contributed by atoms with Crippen LogP contribution >= 0.6 is 0 Å². The molecule has 0 unspecified atom stereocenters. The Hall–Kier alpha value is -6.48. The lowest BCUT2D eigenvalue weighted by Gasteiger charge is -2.37. The standard InChI is InChI=1S/C37H36F3N7O3.C6H6FN/c1-25-16-31(46-14-12-45(13-15-46)30-6-2-27(3-7-30)36(48)44-35-11-5-29(39)19-42-35)8-10-34(25)49-20-26-18-37(50-21-26,22-47-24-41-23-43-47)32-9-4-28(38)17-33(32)40;7-5-1-3-6(8)4-2-5/h2-11,16-17,19,23-24,26H,12-15,18,20-22H2,1H3,(H,42,44,48);1-4H,8H2/t26-,37+;/m1./s1. The summed E-state index contributed by atoms with van der Waals surface area (Å²) in [5, 5.41) is 6.86. The van der Waals surface area contributed by atoms with Gasteiger partial charge in [-0.25, -0.2) is 32.2 Å². The van der Waals surface area contributed by atoms with Crippen LogP contribution in [0.4, 0.5) is 40.4 Å². The topological polar surface area (TPSA) is 124 Å². The molecule has 4 heterocycles. The van der Waals surface area contributed by atoms with Gasteiger partial charge in [0.15, 0.2) is 0 Å². The maximum atomic E-state index is 15.0. The van der Waals surface area contributed by atoms with E-state index in [1.807, 2.05) is 25.1 Å². The van der Waals surface area contributed by atoms with Crippen molar-refractivity contribution >= 4 is 28.8 Å². The number of aryl methyl sites for hydroxylation is 1. The normalized spacial score (nSPS) is 17.7. The van der Waals surface area contributed by atoms with Crippen molar-refractivity contribution < 1.29 is 31.8 Å². The Morgan fingerprint density at radius 1 is 0.862 bits per heavy atom. The zero-order chi connectivity index (χ0) is 40.6. The summed E-state index contributed by atoms with van der Waals surface area (Å²) in [7, 11) is 0. The number of pyridine rings is 1. The Labute approximate surface area is 333 Å². The molecule has 11 nitrogen and oxygen atoms in total. The average molecular weight is 795 g/mol. The average Bonchev–Trinajstić information content (AvgIpc) is 3.90. The second-order valence-electron chi connectivity index (χ2n) is 14.2. The third kappa shape index (κ3) is 9.72. The van der Waals surface area contributed by atoms with Gasteiger partial charge in [0.1, 0.15) is 53.1 Å². The first kappa shape index (κ1) is 39.7. The highest BCUT2D eigenvalue weighted by Gasteiger charge is 2.44. The minimum Gasteiger partial charge on any atom is -0.493 e. The third-order valence-corrected chi connectivity index (χ3v) is 10.1.